The summed E-state index contributed by atoms with van der Waals surface area (Å²) in [5.41, 5.74) is -0.994. The van der Waals surface area contributed by atoms with E-state index in [-0.39, 0.29) is 25.0 Å². The molecule has 1 unspecified atom stereocenters. The van der Waals surface area contributed by atoms with E-state index >= 15 is 0 Å². The fraction of sp³-hybridized carbons (Fsp3) is 0.312. The number of fused-ring (bicyclic) bond motifs is 1. The molecule has 0 saturated carbocycles. The molecule has 0 bridgehead atoms. The normalized spacial score (nSPS) is 15.8. The maximum Gasteiger partial charge on any atom is 0.328 e. The van der Waals surface area contributed by atoms with Gasteiger partial charge in [0.25, 0.3) is 5.56 Å². The topological polar surface area (TPSA) is 102 Å². The molecule has 1 aromatic carbocycles. The summed E-state index contributed by atoms with van der Waals surface area (Å²) < 4.78 is 12.6. The minimum Gasteiger partial charge on any atom is -0.486 e. The van der Waals surface area contributed by atoms with Crippen molar-refractivity contribution in [3.63, 3.8) is 0 Å². The van der Waals surface area contributed by atoms with Crippen molar-refractivity contribution in [2.24, 2.45) is 0 Å². The molecular formula is C16H17N3O5. The van der Waals surface area contributed by atoms with Gasteiger partial charge < -0.3 is 19.4 Å². The molecule has 24 heavy (non-hydrogen) atoms. The van der Waals surface area contributed by atoms with Crippen LogP contribution >= 0.6 is 0 Å². The van der Waals surface area contributed by atoms with Gasteiger partial charge in [0.1, 0.15) is 12.7 Å². The Balaban J connectivity index is 1.46. The fourth-order valence-corrected chi connectivity index (χ4v) is 2.32. The first kappa shape index (κ1) is 15.9. The lowest BCUT2D eigenvalue weighted by molar-refractivity contribution is -0.121. The van der Waals surface area contributed by atoms with Crippen molar-refractivity contribution in [2.45, 2.75) is 19.1 Å². The molecule has 2 N–H and O–H groups in total. The van der Waals surface area contributed by atoms with Crippen LogP contribution in [0.25, 0.3) is 0 Å². The molecule has 0 aliphatic carbocycles. The maximum absolute atomic E-state index is 11.9. The van der Waals surface area contributed by atoms with Gasteiger partial charge in [-0.2, -0.15) is 0 Å². The quantitative estimate of drug-likeness (QED) is 0.795. The Hall–Kier alpha value is -3.03. The Kier molecular flexibility index (Phi) is 4.64. The Morgan fingerprint density at radius 2 is 2.04 bits per heavy atom. The number of hydrogen-bond donors (Lipinski definition) is 2. The average molecular weight is 331 g/mol. The van der Waals surface area contributed by atoms with Crippen molar-refractivity contribution < 1.29 is 14.3 Å². The van der Waals surface area contributed by atoms with Crippen molar-refractivity contribution in [1.29, 1.82) is 0 Å². The lowest BCUT2D eigenvalue weighted by Gasteiger charge is -2.26. The number of carbonyl (C=O) groups is 1. The van der Waals surface area contributed by atoms with Crippen LogP contribution in [0.15, 0.2) is 46.1 Å². The van der Waals surface area contributed by atoms with Gasteiger partial charge in [0.15, 0.2) is 11.5 Å². The van der Waals surface area contributed by atoms with Gasteiger partial charge in [0, 0.05) is 25.2 Å². The van der Waals surface area contributed by atoms with Crippen LogP contribution in [0.4, 0.5) is 0 Å². The molecule has 2 heterocycles. The minimum atomic E-state index is -0.532. The first-order chi connectivity index (χ1) is 11.6. The summed E-state index contributed by atoms with van der Waals surface area (Å²) in [5.74, 6) is 1.14. The predicted molar refractivity (Wildman–Crippen MR) is 85.3 cm³/mol. The molecule has 8 nitrogen and oxygen atoms in total. The first-order valence-electron chi connectivity index (χ1n) is 7.57. The summed E-state index contributed by atoms with van der Waals surface area (Å²) in [6, 6.07) is 8.59. The van der Waals surface area contributed by atoms with Gasteiger partial charge >= 0.3 is 5.69 Å². The molecule has 0 fully saturated rings. The number of aryl methyl sites for hydroxylation is 1. The van der Waals surface area contributed by atoms with E-state index in [1.807, 2.05) is 24.3 Å². The third-order valence-corrected chi connectivity index (χ3v) is 3.57. The van der Waals surface area contributed by atoms with E-state index in [4.69, 9.17) is 9.47 Å². The number of amides is 1. The molecule has 0 spiro atoms. The first-order valence-corrected chi connectivity index (χ1v) is 7.57. The summed E-state index contributed by atoms with van der Waals surface area (Å²) in [6.07, 6.45) is 1.22. The van der Waals surface area contributed by atoms with Crippen LogP contribution < -0.4 is 26.0 Å². The monoisotopic (exact) mass is 331 g/mol. The molecule has 1 aliphatic rings. The van der Waals surface area contributed by atoms with Crippen molar-refractivity contribution in [3.8, 4) is 11.5 Å². The smallest absolute Gasteiger partial charge is 0.328 e. The Morgan fingerprint density at radius 1 is 1.25 bits per heavy atom. The Bertz CT molecular complexity index is 842. The molecule has 1 atom stereocenters. The van der Waals surface area contributed by atoms with Crippen LogP contribution in [0.3, 0.4) is 0 Å². The zero-order chi connectivity index (χ0) is 16.9. The molecule has 1 aromatic heterocycles. The van der Waals surface area contributed by atoms with E-state index in [0.717, 1.165) is 0 Å². The second-order valence-electron chi connectivity index (χ2n) is 5.36. The lowest BCUT2D eigenvalue weighted by Crippen LogP contribution is -2.41. The third kappa shape index (κ3) is 3.83. The summed E-state index contributed by atoms with van der Waals surface area (Å²) in [7, 11) is 0. The van der Waals surface area contributed by atoms with Crippen LogP contribution in [0.2, 0.25) is 0 Å². The van der Waals surface area contributed by atoms with Gasteiger partial charge in [-0.15, -0.1) is 0 Å². The standard InChI is InChI=1S/C16H17N3O5/c20-14(5-7-19-8-6-15(21)18-16(19)22)17-9-11-10-23-12-3-1-2-4-13(12)24-11/h1-4,6,8,11H,5,7,9-10H2,(H,17,20)(H,18,21,22). The highest BCUT2D eigenvalue weighted by atomic mass is 16.6. The van der Waals surface area contributed by atoms with Crippen molar-refractivity contribution in [2.75, 3.05) is 13.2 Å². The van der Waals surface area contributed by atoms with Crippen LogP contribution in [0.5, 0.6) is 11.5 Å². The maximum atomic E-state index is 11.9. The lowest BCUT2D eigenvalue weighted by atomic mass is 10.2. The summed E-state index contributed by atoms with van der Waals surface area (Å²) >= 11 is 0. The van der Waals surface area contributed by atoms with Crippen molar-refractivity contribution in [3.05, 3.63) is 57.4 Å². The van der Waals surface area contributed by atoms with E-state index < -0.39 is 11.2 Å². The van der Waals surface area contributed by atoms with E-state index in [9.17, 15) is 14.4 Å². The molecule has 3 rings (SSSR count). The van der Waals surface area contributed by atoms with E-state index in [1.165, 1.54) is 16.8 Å². The van der Waals surface area contributed by atoms with Gasteiger partial charge in [-0.05, 0) is 12.1 Å². The highest BCUT2D eigenvalue weighted by Crippen LogP contribution is 2.30. The molecule has 0 saturated heterocycles. The average Bonchev–Trinajstić information content (AvgIpc) is 2.59. The van der Waals surface area contributed by atoms with Gasteiger partial charge in [-0.1, -0.05) is 12.1 Å². The minimum absolute atomic E-state index is 0.121. The van der Waals surface area contributed by atoms with E-state index in [0.29, 0.717) is 24.7 Å². The highest BCUT2D eigenvalue weighted by molar-refractivity contribution is 5.75. The van der Waals surface area contributed by atoms with Gasteiger partial charge in [-0.3, -0.25) is 14.6 Å². The number of nitrogens with one attached hydrogen (secondary N) is 2. The second-order valence-corrected chi connectivity index (χ2v) is 5.36. The molecule has 8 heteroatoms. The molecule has 126 valence electrons. The number of aromatic nitrogens is 2. The van der Waals surface area contributed by atoms with Crippen LogP contribution in [0, 0.1) is 0 Å². The van der Waals surface area contributed by atoms with Gasteiger partial charge in [0.2, 0.25) is 5.91 Å². The Morgan fingerprint density at radius 3 is 2.83 bits per heavy atom. The SMILES string of the molecule is O=C(CCn1ccc(=O)[nH]c1=O)NCC1COc2ccccc2O1. The number of H-pyrrole nitrogens is 1. The highest BCUT2D eigenvalue weighted by Gasteiger charge is 2.20. The van der Waals surface area contributed by atoms with Crippen molar-refractivity contribution >= 4 is 5.91 Å². The molecular weight excluding hydrogens is 314 g/mol. The zero-order valence-electron chi connectivity index (χ0n) is 12.9. The molecule has 1 amide bonds. The zero-order valence-corrected chi connectivity index (χ0v) is 12.9. The Labute approximate surface area is 137 Å². The van der Waals surface area contributed by atoms with E-state index in [2.05, 4.69) is 10.3 Å². The molecule has 2 aromatic rings. The predicted octanol–water partition coefficient (Wildman–Crippen LogP) is -0.117. The summed E-state index contributed by atoms with van der Waals surface area (Å²) in [6.45, 7) is 0.858. The summed E-state index contributed by atoms with van der Waals surface area (Å²) in [4.78, 5) is 36.5. The number of para-hydroxylation sites is 2. The summed E-state index contributed by atoms with van der Waals surface area (Å²) in [5, 5.41) is 2.75. The third-order valence-electron chi connectivity index (χ3n) is 3.57. The number of aromatic amines is 1. The number of nitrogens with zero attached hydrogens (tertiary/aromatic N) is 1. The number of hydrogen-bond acceptors (Lipinski definition) is 5. The molecule has 0 radical (unpaired) electrons. The number of benzene rings is 1. The van der Waals surface area contributed by atoms with E-state index in [1.54, 1.807) is 0 Å². The van der Waals surface area contributed by atoms with Gasteiger partial charge in [-0.25, -0.2) is 4.79 Å². The van der Waals surface area contributed by atoms with Crippen LogP contribution in [0.1, 0.15) is 6.42 Å². The number of carbonyl (C=O) groups excluding carboxylic acids is 1. The number of rotatable bonds is 5. The molecule has 1 aliphatic heterocycles. The number of ether oxygens (including phenoxy) is 2. The van der Waals surface area contributed by atoms with Gasteiger partial charge in [0.05, 0.1) is 6.54 Å². The van der Waals surface area contributed by atoms with Crippen LogP contribution in [-0.4, -0.2) is 34.7 Å². The second kappa shape index (κ2) is 7.03. The van der Waals surface area contributed by atoms with Crippen LogP contribution in [-0.2, 0) is 11.3 Å². The largest absolute Gasteiger partial charge is 0.486 e. The van der Waals surface area contributed by atoms with Crippen molar-refractivity contribution in [1.82, 2.24) is 14.9 Å². The fourth-order valence-electron chi connectivity index (χ4n) is 2.32.